The molecule has 0 saturated heterocycles. The molecule has 1 aliphatic rings. The maximum absolute atomic E-state index is 15.6. The van der Waals surface area contributed by atoms with E-state index in [1.54, 1.807) is 37.8 Å². The number of aromatic nitrogens is 1. The SMILES string of the molecule is COc1cc(CN(C)CC2CSc3c(Cc4c(F)cccc4F)c(C)c(-c4cccc(OC)c4F)c(=O)n32)cc(OC)c1. The van der Waals surface area contributed by atoms with Gasteiger partial charge in [0.05, 0.1) is 38.0 Å². The van der Waals surface area contributed by atoms with Gasteiger partial charge in [-0.15, -0.1) is 11.8 Å². The zero-order chi connectivity index (χ0) is 30.8. The van der Waals surface area contributed by atoms with E-state index in [2.05, 4.69) is 4.90 Å². The Morgan fingerprint density at radius 3 is 2.21 bits per heavy atom. The van der Waals surface area contributed by atoms with Crippen molar-refractivity contribution in [1.29, 1.82) is 0 Å². The molecular weight excluding hydrogens is 577 g/mol. The van der Waals surface area contributed by atoms with Crippen LogP contribution in [0.3, 0.4) is 0 Å². The third kappa shape index (κ3) is 5.99. The normalized spacial score (nSPS) is 14.2. The number of thioether (sulfide) groups is 1. The van der Waals surface area contributed by atoms with Crippen LogP contribution in [0.1, 0.15) is 28.3 Å². The average molecular weight is 611 g/mol. The number of methoxy groups -OCH3 is 3. The van der Waals surface area contributed by atoms with Gasteiger partial charge in [0.1, 0.15) is 23.1 Å². The zero-order valence-electron chi connectivity index (χ0n) is 24.7. The standard InChI is InChI=1S/C33H33F3N2O4S/c1-19-25(15-26-27(34)9-7-10-28(26)35)33-38(32(39)30(19)24-8-6-11-29(42-5)31(24)36)21(18-43-33)17-37(2)16-20-12-22(40-3)14-23(13-20)41-4/h6-14,21H,15-18H2,1-5H3. The lowest BCUT2D eigenvalue weighted by atomic mass is 9.94. The molecule has 226 valence electrons. The molecule has 0 spiro atoms. The highest BCUT2D eigenvalue weighted by Crippen LogP contribution is 2.41. The lowest BCUT2D eigenvalue weighted by Gasteiger charge is -2.25. The fraction of sp³-hybridized carbons (Fsp3) is 0.303. The van der Waals surface area contributed by atoms with Crippen molar-refractivity contribution in [3.63, 3.8) is 0 Å². The molecule has 0 amide bonds. The molecule has 43 heavy (non-hydrogen) atoms. The number of hydrogen-bond acceptors (Lipinski definition) is 6. The Morgan fingerprint density at radius 2 is 1.58 bits per heavy atom. The highest BCUT2D eigenvalue weighted by atomic mass is 32.2. The first-order valence-corrected chi connectivity index (χ1v) is 14.7. The molecule has 1 atom stereocenters. The van der Waals surface area contributed by atoms with E-state index in [0.29, 0.717) is 46.5 Å². The van der Waals surface area contributed by atoms with Gasteiger partial charge in [-0.05, 0) is 61.0 Å². The summed E-state index contributed by atoms with van der Waals surface area (Å²) in [6, 6.07) is 13.7. The molecule has 0 radical (unpaired) electrons. The summed E-state index contributed by atoms with van der Waals surface area (Å²) in [4.78, 5) is 16.3. The number of nitrogens with zero attached hydrogens (tertiary/aromatic N) is 2. The van der Waals surface area contributed by atoms with Crippen LogP contribution < -0.4 is 19.8 Å². The maximum Gasteiger partial charge on any atom is 0.260 e. The number of halogens is 3. The molecule has 0 N–H and O–H groups in total. The van der Waals surface area contributed by atoms with E-state index in [0.717, 1.165) is 5.56 Å². The summed E-state index contributed by atoms with van der Waals surface area (Å²) in [7, 11) is 6.50. The highest BCUT2D eigenvalue weighted by molar-refractivity contribution is 7.99. The van der Waals surface area contributed by atoms with Crippen molar-refractivity contribution < 1.29 is 27.4 Å². The number of hydrogen-bond donors (Lipinski definition) is 0. The lowest BCUT2D eigenvalue weighted by molar-refractivity contribution is 0.275. The Morgan fingerprint density at radius 1 is 0.930 bits per heavy atom. The first-order valence-electron chi connectivity index (χ1n) is 13.7. The Bertz CT molecular complexity index is 1680. The van der Waals surface area contributed by atoms with E-state index in [-0.39, 0.29) is 40.5 Å². The van der Waals surface area contributed by atoms with Crippen LogP contribution in [0.4, 0.5) is 13.2 Å². The molecule has 1 aliphatic heterocycles. The van der Waals surface area contributed by atoms with Crippen LogP contribution in [0, 0.1) is 24.4 Å². The van der Waals surface area contributed by atoms with Gasteiger partial charge in [0, 0.05) is 42.5 Å². The number of likely N-dealkylation sites (N-methyl/N-ethyl adjacent to an activating group) is 1. The van der Waals surface area contributed by atoms with Crippen LogP contribution >= 0.6 is 11.8 Å². The van der Waals surface area contributed by atoms with Crippen LogP contribution in [0.5, 0.6) is 17.2 Å². The molecule has 5 rings (SSSR count). The molecule has 1 unspecified atom stereocenters. The summed E-state index contributed by atoms with van der Waals surface area (Å²) in [5.41, 5.74) is 1.82. The number of rotatable bonds is 10. The summed E-state index contributed by atoms with van der Waals surface area (Å²) in [5, 5.41) is 0.638. The molecule has 0 aliphatic carbocycles. The lowest BCUT2D eigenvalue weighted by Crippen LogP contribution is -2.34. The van der Waals surface area contributed by atoms with Gasteiger partial charge in [-0.2, -0.15) is 0 Å². The molecule has 4 aromatic rings. The second kappa shape index (κ2) is 12.8. The molecule has 10 heteroatoms. The summed E-state index contributed by atoms with van der Waals surface area (Å²) < 4.78 is 62.9. The summed E-state index contributed by atoms with van der Waals surface area (Å²) in [6.45, 7) is 2.76. The Hall–Kier alpha value is -3.89. The fourth-order valence-electron chi connectivity index (χ4n) is 5.66. The Balaban J connectivity index is 1.60. The van der Waals surface area contributed by atoms with Gasteiger partial charge in [-0.1, -0.05) is 18.2 Å². The van der Waals surface area contributed by atoms with Crippen molar-refractivity contribution in [2.45, 2.75) is 31.0 Å². The van der Waals surface area contributed by atoms with Crippen molar-refractivity contribution in [1.82, 2.24) is 9.47 Å². The van der Waals surface area contributed by atoms with Crippen molar-refractivity contribution in [3.8, 4) is 28.4 Å². The Kier molecular flexibility index (Phi) is 9.08. The van der Waals surface area contributed by atoms with E-state index in [9.17, 15) is 13.6 Å². The molecule has 3 aromatic carbocycles. The first-order chi connectivity index (χ1) is 20.7. The zero-order valence-corrected chi connectivity index (χ0v) is 25.5. The van der Waals surface area contributed by atoms with Gasteiger partial charge in [0.15, 0.2) is 11.6 Å². The largest absolute Gasteiger partial charge is 0.497 e. The minimum Gasteiger partial charge on any atom is -0.497 e. The van der Waals surface area contributed by atoms with Gasteiger partial charge in [-0.3, -0.25) is 9.36 Å². The first kappa shape index (κ1) is 30.6. The van der Waals surface area contributed by atoms with E-state index >= 15 is 4.39 Å². The van der Waals surface area contributed by atoms with E-state index in [1.807, 2.05) is 19.2 Å². The van der Waals surface area contributed by atoms with Crippen LogP contribution in [0.15, 0.2) is 64.4 Å². The van der Waals surface area contributed by atoms with Gasteiger partial charge >= 0.3 is 0 Å². The smallest absolute Gasteiger partial charge is 0.260 e. The highest BCUT2D eigenvalue weighted by Gasteiger charge is 2.32. The van der Waals surface area contributed by atoms with Gasteiger partial charge in [0.25, 0.3) is 5.56 Å². The van der Waals surface area contributed by atoms with Gasteiger partial charge in [-0.25, -0.2) is 13.2 Å². The topological polar surface area (TPSA) is 52.9 Å². The average Bonchev–Trinajstić information content (AvgIpc) is 3.40. The summed E-state index contributed by atoms with van der Waals surface area (Å²) in [5.74, 6) is -0.102. The second-order valence-electron chi connectivity index (χ2n) is 10.5. The van der Waals surface area contributed by atoms with Crippen LogP contribution in [-0.4, -0.2) is 50.1 Å². The minimum absolute atomic E-state index is 0.00266. The van der Waals surface area contributed by atoms with Crippen LogP contribution in [-0.2, 0) is 13.0 Å². The van der Waals surface area contributed by atoms with E-state index in [4.69, 9.17) is 14.2 Å². The van der Waals surface area contributed by atoms with Gasteiger partial charge in [0.2, 0.25) is 0 Å². The number of pyridine rings is 1. The summed E-state index contributed by atoms with van der Waals surface area (Å²) >= 11 is 1.47. The van der Waals surface area contributed by atoms with Gasteiger partial charge < -0.3 is 19.1 Å². The fourth-order valence-corrected chi connectivity index (χ4v) is 7.04. The van der Waals surface area contributed by atoms with Crippen molar-refractivity contribution in [2.24, 2.45) is 0 Å². The number of fused-ring (bicyclic) bond motifs is 1. The van der Waals surface area contributed by atoms with Crippen molar-refractivity contribution >= 4 is 11.8 Å². The third-order valence-electron chi connectivity index (χ3n) is 7.77. The van der Waals surface area contributed by atoms with Crippen LogP contribution in [0.2, 0.25) is 0 Å². The second-order valence-corrected chi connectivity index (χ2v) is 11.5. The molecule has 0 saturated carbocycles. The van der Waals surface area contributed by atoms with Crippen molar-refractivity contribution in [2.75, 3.05) is 40.7 Å². The van der Waals surface area contributed by atoms with E-state index in [1.165, 1.54) is 49.2 Å². The molecule has 0 fully saturated rings. The minimum atomic E-state index is -0.675. The monoisotopic (exact) mass is 610 g/mol. The Labute approximate surface area is 253 Å². The quantitative estimate of drug-likeness (QED) is 0.201. The van der Waals surface area contributed by atoms with Crippen molar-refractivity contribution in [3.05, 3.63) is 105 Å². The summed E-state index contributed by atoms with van der Waals surface area (Å²) in [6.07, 6.45) is -0.0856. The van der Waals surface area contributed by atoms with E-state index < -0.39 is 17.5 Å². The maximum atomic E-state index is 15.6. The predicted octanol–water partition coefficient (Wildman–Crippen LogP) is 6.64. The molecule has 2 heterocycles. The molecule has 0 bridgehead atoms. The molecular formula is C33H33F3N2O4S. The third-order valence-corrected chi connectivity index (χ3v) is 9.04. The number of benzene rings is 3. The van der Waals surface area contributed by atoms with Crippen LogP contribution in [0.25, 0.3) is 11.1 Å². The molecule has 1 aromatic heterocycles. The molecule has 6 nitrogen and oxygen atoms in total. The number of ether oxygens (including phenoxy) is 3. The predicted molar refractivity (Wildman–Crippen MR) is 162 cm³/mol.